The zero-order valence-electron chi connectivity index (χ0n) is 28.9. The molecule has 282 valence electrons. The minimum atomic E-state index is -3.15. The number of aliphatic hydroxyl groups excluding tert-OH is 4. The summed E-state index contributed by atoms with van der Waals surface area (Å²) in [5.41, 5.74) is 10.6. The van der Waals surface area contributed by atoms with E-state index in [4.69, 9.17) is 25.7 Å². The van der Waals surface area contributed by atoms with Crippen molar-refractivity contribution in [1.82, 2.24) is 0 Å². The van der Waals surface area contributed by atoms with Crippen molar-refractivity contribution in [2.24, 2.45) is 11.5 Å². The second-order valence-corrected chi connectivity index (χ2v) is 13.0. The van der Waals surface area contributed by atoms with Crippen LogP contribution in [0, 0.1) is 0 Å². The number of nitrogens with two attached hydrogens (primary N) is 2. The lowest BCUT2D eigenvalue weighted by molar-refractivity contribution is -0.371. The van der Waals surface area contributed by atoms with Crippen molar-refractivity contribution in [2.75, 3.05) is 0 Å². The van der Waals surface area contributed by atoms with Crippen LogP contribution in [0.4, 0.5) is 0 Å². The summed E-state index contributed by atoms with van der Waals surface area (Å²) >= 11 is 0. The molecule has 0 saturated carbocycles. The summed E-state index contributed by atoms with van der Waals surface area (Å²) in [6.07, 6.45) is -7.38. The number of aromatic hydroxyl groups is 1. The van der Waals surface area contributed by atoms with E-state index in [1.165, 1.54) is 37.3 Å². The monoisotopic (exact) mass is 742 g/mol. The van der Waals surface area contributed by atoms with Gasteiger partial charge in [-0.1, -0.05) is 54.6 Å². The maximum absolute atomic E-state index is 14.7. The Morgan fingerprint density at radius 3 is 2.24 bits per heavy atom. The Balaban J connectivity index is 1.60. The van der Waals surface area contributed by atoms with E-state index in [0.29, 0.717) is 11.1 Å². The normalized spacial score (nSPS) is 21.2. The first kappa shape index (κ1) is 38.4. The molecule has 6 rings (SSSR count). The van der Waals surface area contributed by atoms with Crippen LogP contribution in [-0.2, 0) is 16.1 Å². The Kier molecular flexibility index (Phi) is 10.5. The predicted molar refractivity (Wildman–Crippen MR) is 190 cm³/mol. The third-order valence-electron chi connectivity index (χ3n) is 9.35. The highest BCUT2D eigenvalue weighted by molar-refractivity contribution is 6.31. The number of ketones is 2. The lowest BCUT2D eigenvalue weighted by Gasteiger charge is -2.44. The number of rotatable bonds is 9. The number of aliphatic hydroxyl groups is 6. The molecule has 54 heavy (non-hydrogen) atoms. The molecule has 1 fully saturated rings. The van der Waals surface area contributed by atoms with Gasteiger partial charge in [-0.2, -0.15) is 0 Å². The average molecular weight is 743 g/mol. The molecule has 15 heteroatoms. The number of fused-ring (bicyclic) bond motifs is 2. The van der Waals surface area contributed by atoms with E-state index in [0.717, 1.165) is 13.0 Å². The van der Waals surface area contributed by atoms with Crippen LogP contribution < -0.4 is 20.9 Å². The Hall–Kier alpha value is -5.33. The quantitative estimate of drug-likeness (QED) is 0.0445. The fourth-order valence-electron chi connectivity index (χ4n) is 6.59. The highest BCUT2D eigenvalue weighted by Crippen LogP contribution is 2.47. The minimum Gasteiger partial charge on any atom is -0.507 e. The largest absolute Gasteiger partial charge is 0.507 e. The maximum atomic E-state index is 14.7. The first-order valence-corrected chi connectivity index (χ1v) is 16.7. The molecule has 0 bridgehead atoms. The number of carbonyl (C=O) groups is 3. The van der Waals surface area contributed by atoms with Crippen LogP contribution in [0.5, 0.6) is 17.2 Å². The molecule has 2 aliphatic rings. The van der Waals surface area contributed by atoms with Crippen LogP contribution in [0.15, 0.2) is 66.7 Å². The van der Waals surface area contributed by atoms with Gasteiger partial charge >= 0.3 is 5.97 Å². The van der Waals surface area contributed by atoms with E-state index < -0.39 is 95.0 Å². The Bertz CT molecular complexity index is 2170. The molecule has 0 spiro atoms. The number of hydrogen-bond donors (Lipinski definition) is 9. The van der Waals surface area contributed by atoms with Crippen LogP contribution in [-0.4, -0.2) is 83.7 Å². The molecule has 0 amide bonds. The first-order valence-electron chi connectivity index (χ1n) is 16.7. The number of phenols is 1. The van der Waals surface area contributed by atoms with E-state index in [1.54, 1.807) is 42.5 Å². The fraction of sp³-hybridized carbons (Fsp3) is 0.256. The molecule has 4 aromatic carbocycles. The van der Waals surface area contributed by atoms with Crippen molar-refractivity contribution in [2.45, 2.75) is 63.1 Å². The van der Waals surface area contributed by atoms with Crippen LogP contribution in [0.25, 0.3) is 12.2 Å². The van der Waals surface area contributed by atoms with Gasteiger partial charge in [0.1, 0.15) is 29.5 Å². The summed E-state index contributed by atoms with van der Waals surface area (Å²) in [6, 6.07) is 17.1. The molecule has 1 heterocycles. The van der Waals surface area contributed by atoms with Crippen molar-refractivity contribution in [3.05, 3.63) is 122 Å². The Labute approximate surface area is 307 Å². The summed E-state index contributed by atoms with van der Waals surface area (Å²) in [6.45, 7) is 1.60. The zero-order valence-corrected chi connectivity index (χ0v) is 28.9. The summed E-state index contributed by atoms with van der Waals surface area (Å²) < 4.78 is 16.9. The van der Waals surface area contributed by atoms with Gasteiger partial charge in [0, 0.05) is 29.2 Å². The molecular formula is C39H38N2O13. The molecule has 0 aromatic heterocycles. The van der Waals surface area contributed by atoms with Gasteiger partial charge in [0.2, 0.25) is 12.1 Å². The van der Waals surface area contributed by atoms with Gasteiger partial charge in [0.25, 0.3) is 0 Å². The van der Waals surface area contributed by atoms with Crippen LogP contribution in [0.2, 0.25) is 0 Å². The molecule has 11 N–H and O–H groups in total. The zero-order chi connectivity index (χ0) is 39.2. The molecular weight excluding hydrogens is 704 g/mol. The number of benzene rings is 4. The maximum Gasteiger partial charge on any atom is 0.308 e. The average Bonchev–Trinajstić information content (AvgIpc) is 3.14. The number of phenolic OH excluding ortho intramolecular Hbond substituents is 1. The van der Waals surface area contributed by atoms with Crippen LogP contribution in [0.1, 0.15) is 91.3 Å². The van der Waals surface area contributed by atoms with Crippen molar-refractivity contribution in [3.8, 4) is 17.2 Å². The highest BCUT2D eigenvalue weighted by Gasteiger charge is 2.54. The molecule has 4 aromatic rings. The summed E-state index contributed by atoms with van der Waals surface area (Å²) in [5, 5.41) is 76.2. The topological polar surface area (TPSA) is 273 Å². The van der Waals surface area contributed by atoms with Gasteiger partial charge in [0.05, 0.1) is 30.0 Å². The summed E-state index contributed by atoms with van der Waals surface area (Å²) in [5.74, 6) is -7.39. The standard InChI is InChI=1S/C39H38N2O13/c1-17-35(48)39(50,51)36(49)38(52-17)54-26-15-24-29(34(47)30(26)31(44)20-9-6-10-21(13-20)37(40)41)33(46)27-22(16-42)14-25(53-18(2)43)23(28(27)32(24)45)12-11-19-7-4-3-5-8-19/h3-15,17,31,35-38,42,44,47-51H,16,40-41H2,1-2H3/b12-11+/t17-,31+,35+,36-,38+/m0/s1. The van der Waals surface area contributed by atoms with Crippen molar-refractivity contribution < 1.29 is 64.3 Å². The SMILES string of the molecule is CC(=O)Oc1cc(CO)c2c(c1/C=C/c1ccccc1)C(=O)c1cc(O[C@H]3O[C@@H](C)[C@@H](O)C(O)(O)[C@H]3O)c([C@H](O)c3cccc(C(N)N)c3)c(O)c1C2=O. The summed E-state index contributed by atoms with van der Waals surface area (Å²) in [4.78, 5) is 41.4. The van der Waals surface area contributed by atoms with Gasteiger partial charge in [-0.05, 0) is 53.5 Å². The van der Waals surface area contributed by atoms with E-state index >= 15 is 0 Å². The Morgan fingerprint density at radius 1 is 0.907 bits per heavy atom. The second-order valence-electron chi connectivity index (χ2n) is 13.0. The molecule has 0 radical (unpaired) electrons. The van der Waals surface area contributed by atoms with Gasteiger partial charge in [-0.3, -0.25) is 14.4 Å². The number of esters is 1. The third kappa shape index (κ3) is 6.80. The van der Waals surface area contributed by atoms with Crippen molar-refractivity contribution >= 4 is 29.7 Å². The van der Waals surface area contributed by atoms with Crippen LogP contribution >= 0.6 is 0 Å². The van der Waals surface area contributed by atoms with E-state index in [-0.39, 0.29) is 33.6 Å². The molecule has 15 nitrogen and oxygen atoms in total. The van der Waals surface area contributed by atoms with Crippen molar-refractivity contribution in [1.29, 1.82) is 0 Å². The minimum absolute atomic E-state index is 0.00884. The second kappa shape index (κ2) is 14.8. The molecule has 5 atom stereocenters. The lowest BCUT2D eigenvalue weighted by Crippen LogP contribution is -2.67. The van der Waals surface area contributed by atoms with E-state index in [2.05, 4.69) is 0 Å². The van der Waals surface area contributed by atoms with Crippen molar-refractivity contribution in [3.63, 3.8) is 0 Å². The lowest BCUT2D eigenvalue weighted by atomic mass is 9.77. The number of carbonyl (C=O) groups excluding carboxylic acids is 3. The van der Waals surface area contributed by atoms with E-state index in [9.17, 15) is 50.1 Å². The number of hydrogen-bond acceptors (Lipinski definition) is 15. The predicted octanol–water partition coefficient (Wildman–Crippen LogP) is 1.28. The molecule has 1 saturated heterocycles. The first-order chi connectivity index (χ1) is 25.6. The van der Waals surface area contributed by atoms with Gasteiger partial charge in [0.15, 0.2) is 17.7 Å². The molecule has 1 aliphatic heterocycles. The molecule has 0 unspecified atom stereocenters. The van der Waals surface area contributed by atoms with Gasteiger partial charge in [-0.15, -0.1) is 0 Å². The van der Waals surface area contributed by atoms with E-state index in [1.807, 2.05) is 0 Å². The van der Waals surface area contributed by atoms with Gasteiger partial charge in [-0.25, -0.2) is 0 Å². The third-order valence-corrected chi connectivity index (χ3v) is 9.35. The smallest absolute Gasteiger partial charge is 0.308 e. The fourth-order valence-corrected chi connectivity index (χ4v) is 6.59. The van der Waals surface area contributed by atoms with Gasteiger partial charge < -0.3 is 61.4 Å². The molecule has 1 aliphatic carbocycles. The summed E-state index contributed by atoms with van der Waals surface area (Å²) in [7, 11) is 0. The van der Waals surface area contributed by atoms with Crippen LogP contribution in [0.3, 0.4) is 0 Å². The highest BCUT2D eigenvalue weighted by atomic mass is 16.7. The Morgan fingerprint density at radius 2 is 1.59 bits per heavy atom. The number of ether oxygens (including phenoxy) is 3.